The molecule has 3 aliphatic rings. The predicted octanol–water partition coefficient (Wildman–Crippen LogP) is 4.41. The normalized spacial score (nSPS) is 19.8. The van der Waals surface area contributed by atoms with Gasteiger partial charge in [-0.1, -0.05) is 37.5 Å². The van der Waals surface area contributed by atoms with Crippen LogP contribution in [0.5, 0.6) is 0 Å². The van der Waals surface area contributed by atoms with Crippen molar-refractivity contribution in [3.05, 3.63) is 94.3 Å². The van der Waals surface area contributed by atoms with Gasteiger partial charge in [0, 0.05) is 12.4 Å². The highest BCUT2D eigenvalue weighted by molar-refractivity contribution is 5.98. The summed E-state index contributed by atoms with van der Waals surface area (Å²) in [7, 11) is 0. The predicted molar refractivity (Wildman–Crippen MR) is 156 cm³/mol. The number of carbonyl (C=O) groups is 3. The van der Waals surface area contributed by atoms with E-state index in [-0.39, 0.29) is 37.9 Å². The Labute approximate surface area is 275 Å². The minimum Gasteiger partial charge on any atom is -0.542 e. The van der Waals surface area contributed by atoms with Gasteiger partial charge in [-0.25, -0.2) is 9.18 Å². The number of hydrogen-bond acceptors (Lipinski definition) is 7. The molecule has 1 fully saturated rings. The van der Waals surface area contributed by atoms with Crippen molar-refractivity contribution in [1.82, 2.24) is 14.9 Å². The van der Waals surface area contributed by atoms with Crippen LogP contribution < -0.4 is 10.8 Å². The van der Waals surface area contributed by atoms with Gasteiger partial charge in [0.05, 0.1) is 42.0 Å². The minimum atomic E-state index is -5.19. The van der Waals surface area contributed by atoms with E-state index in [0.717, 1.165) is 38.2 Å². The van der Waals surface area contributed by atoms with Crippen molar-refractivity contribution in [2.45, 2.75) is 75.9 Å². The van der Waals surface area contributed by atoms with Gasteiger partial charge in [0.1, 0.15) is 23.7 Å². The molecule has 0 saturated heterocycles. The van der Waals surface area contributed by atoms with Gasteiger partial charge in [0.2, 0.25) is 0 Å². The van der Waals surface area contributed by atoms with Crippen LogP contribution >= 0.6 is 0 Å². The summed E-state index contributed by atoms with van der Waals surface area (Å²) < 4.78 is 88.9. The molecule has 3 heterocycles. The molecule has 2 aromatic carbocycles. The van der Waals surface area contributed by atoms with Gasteiger partial charge in [-0.3, -0.25) is 20.5 Å². The number of aromatic nitrogens is 2. The molecule has 2 N–H and O–H groups in total. The zero-order chi connectivity index (χ0) is 35.7. The molecule has 1 atom stereocenters. The highest BCUT2D eigenvalue weighted by Crippen LogP contribution is 2.47. The van der Waals surface area contributed by atoms with Crippen LogP contribution in [-0.2, 0) is 40.8 Å². The number of alkyl halides is 6. The van der Waals surface area contributed by atoms with Crippen LogP contribution in [0.2, 0.25) is 0 Å². The minimum absolute atomic E-state index is 0.00322. The first kappa shape index (κ1) is 35.4. The molecule has 0 spiro atoms. The molecular weight excluding hydrogens is 663 g/mol. The van der Waals surface area contributed by atoms with Crippen LogP contribution in [0.4, 0.5) is 30.7 Å². The molecule has 0 bridgehead atoms. The first-order valence-corrected chi connectivity index (χ1v) is 15.3. The third-order valence-corrected chi connectivity index (χ3v) is 9.12. The number of benzene rings is 2. The molecule has 1 saturated carbocycles. The molecule has 6 rings (SSSR count). The Bertz CT molecular complexity index is 1760. The Morgan fingerprint density at radius 2 is 1.51 bits per heavy atom. The van der Waals surface area contributed by atoms with Crippen molar-refractivity contribution in [2.75, 3.05) is 0 Å². The molecule has 1 aromatic heterocycles. The van der Waals surface area contributed by atoms with Crippen molar-refractivity contribution in [3.8, 4) is 0 Å². The summed E-state index contributed by atoms with van der Waals surface area (Å²) in [5.74, 6) is -4.17. The number of amidine groups is 1. The number of nitrogens with zero attached hydrogens (tertiary/aromatic N) is 4. The van der Waals surface area contributed by atoms with E-state index >= 15 is 0 Å². The molecule has 0 radical (unpaired) electrons. The van der Waals surface area contributed by atoms with Crippen LogP contribution in [0.1, 0.15) is 77.0 Å². The van der Waals surface area contributed by atoms with E-state index in [1.165, 1.54) is 46.1 Å². The van der Waals surface area contributed by atoms with Crippen molar-refractivity contribution in [2.24, 2.45) is 11.7 Å². The lowest BCUT2D eigenvalue weighted by molar-refractivity contribution is -0.464. The van der Waals surface area contributed by atoms with Gasteiger partial charge in [-0.05, 0) is 54.2 Å². The van der Waals surface area contributed by atoms with E-state index < -0.39 is 46.6 Å². The van der Waals surface area contributed by atoms with Crippen molar-refractivity contribution >= 4 is 23.6 Å². The third kappa shape index (κ3) is 7.27. The van der Waals surface area contributed by atoms with Crippen LogP contribution in [0, 0.1) is 11.7 Å². The van der Waals surface area contributed by atoms with Gasteiger partial charge in [0.15, 0.2) is 0 Å². The molecule has 9 nitrogen and oxygen atoms in total. The van der Waals surface area contributed by atoms with E-state index in [2.05, 4.69) is 9.97 Å². The van der Waals surface area contributed by atoms with Crippen LogP contribution in [0.25, 0.3) is 0 Å². The third-order valence-electron chi connectivity index (χ3n) is 9.12. The van der Waals surface area contributed by atoms with Gasteiger partial charge in [0.25, 0.3) is 11.7 Å². The molecule has 260 valence electrons. The molecular formula is C33H30F7N5O4. The topological polar surface area (TPSA) is 132 Å². The zero-order valence-corrected chi connectivity index (χ0v) is 25.8. The summed E-state index contributed by atoms with van der Waals surface area (Å²) in [6.45, 7) is 0.00891. The number of carbonyl (C=O) groups excluding carboxylic acids is 3. The Morgan fingerprint density at radius 3 is 2.04 bits per heavy atom. The number of carboxylic acids is 1. The fourth-order valence-electron chi connectivity index (χ4n) is 6.81. The van der Waals surface area contributed by atoms with Gasteiger partial charge in [-0.15, -0.1) is 0 Å². The lowest BCUT2D eigenvalue weighted by Gasteiger charge is -2.37. The summed E-state index contributed by atoms with van der Waals surface area (Å²) in [5, 5.41) is 8.78. The molecule has 1 aliphatic carbocycles. The van der Waals surface area contributed by atoms with Crippen LogP contribution in [0.3, 0.4) is 0 Å². The van der Waals surface area contributed by atoms with Crippen molar-refractivity contribution in [1.29, 1.82) is 0 Å². The summed E-state index contributed by atoms with van der Waals surface area (Å²) in [5.41, 5.74) is 6.06. The monoisotopic (exact) mass is 693 g/mol. The average Bonchev–Trinajstić information content (AvgIpc) is 3.60. The number of nitrogens with two attached hydrogens (primary N) is 1. The number of amides is 2. The highest BCUT2D eigenvalue weighted by Gasteiger charge is 2.56. The zero-order valence-electron chi connectivity index (χ0n) is 25.8. The van der Waals surface area contributed by atoms with Crippen molar-refractivity contribution in [3.63, 3.8) is 0 Å². The second-order valence-electron chi connectivity index (χ2n) is 12.1. The van der Waals surface area contributed by atoms with Gasteiger partial charge >= 0.3 is 18.3 Å². The standard InChI is InChI=1S/C31H29F4N5O2.C2HF3O2/c32-22-9-7-21(8-10-22)30(20-4-2-1-3-5-20)15-27(36)40(29(30)42)16-19-6-11-24(31(33,34)35)23(14-19)28(41)39-17-25-26(18-39)38-13-12-37-25;3-2(4,5)1(6)7/h6-14,20,36H,1-5,15-18H2;(H,6,7). The van der Waals surface area contributed by atoms with E-state index in [9.17, 15) is 40.3 Å². The average molecular weight is 694 g/mol. The number of hydrogen-bond donors (Lipinski definition) is 1. The summed E-state index contributed by atoms with van der Waals surface area (Å²) in [6.07, 6.45) is -2.11. The maximum absolute atomic E-state index is 14.3. The fraction of sp³-hybridized carbons (Fsp3) is 0.394. The van der Waals surface area contributed by atoms with E-state index in [0.29, 0.717) is 28.4 Å². The highest BCUT2D eigenvalue weighted by atomic mass is 19.4. The SMILES string of the molecule is NC1=[N+](Cc2ccc(C(F)(F)F)c(C(=O)N3Cc4nccnc4C3)c2)C(=O)C(c2ccc(F)cc2)(C2CCCCC2)C1.O=C([O-])C(F)(F)F. The molecule has 49 heavy (non-hydrogen) atoms. The number of fused-ring (bicyclic) bond motifs is 1. The number of rotatable bonds is 5. The Kier molecular flexibility index (Phi) is 9.79. The second kappa shape index (κ2) is 13.6. The largest absolute Gasteiger partial charge is 0.542 e. The summed E-state index contributed by atoms with van der Waals surface area (Å²) >= 11 is 0. The molecule has 2 amide bonds. The Hall–Kier alpha value is -4.89. The molecule has 3 aromatic rings. The number of halogens is 7. The number of carboxylic acid groups (broad SMARTS) is 1. The van der Waals surface area contributed by atoms with Crippen LogP contribution in [-0.4, -0.2) is 49.2 Å². The lowest BCUT2D eigenvalue weighted by atomic mass is 9.63. The quantitative estimate of drug-likeness (QED) is 0.310. The maximum atomic E-state index is 14.3. The molecule has 16 heteroatoms. The molecule has 1 unspecified atom stereocenters. The maximum Gasteiger partial charge on any atom is 0.430 e. The van der Waals surface area contributed by atoms with E-state index in [1.54, 1.807) is 12.1 Å². The molecule has 2 aliphatic heterocycles. The van der Waals surface area contributed by atoms with Gasteiger partial charge < -0.3 is 14.8 Å². The Morgan fingerprint density at radius 1 is 0.939 bits per heavy atom. The number of aliphatic carboxylic acids is 1. The summed E-state index contributed by atoms with van der Waals surface area (Å²) in [4.78, 5) is 46.1. The second-order valence-corrected chi connectivity index (χ2v) is 12.1. The van der Waals surface area contributed by atoms with E-state index in [1.807, 2.05) is 0 Å². The van der Waals surface area contributed by atoms with Gasteiger partial charge in [-0.2, -0.15) is 30.9 Å². The fourth-order valence-corrected chi connectivity index (χ4v) is 6.81. The lowest BCUT2D eigenvalue weighted by Crippen LogP contribution is -2.44. The van der Waals surface area contributed by atoms with E-state index in [4.69, 9.17) is 15.6 Å². The van der Waals surface area contributed by atoms with Crippen molar-refractivity contribution < 1.29 is 54.8 Å². The smallest absolute Gasteiger partial charge is 0.430 e. The first-order valence-electron chi connectivity index (χ1n) is 15.3. The van der Waals surface area contributed by atoms with Crippen LogP contribution in [0.15, 0.2) is 54.9 Å². The summed E-state index contributed by atoms with van der Waals surface area (Å²) in [6, 6.07) is 9.29. The Balaban J connectivity index is 0.000000606. The first-order chi connectivity index (χ1) is 23.0.